The van der Waals surface area contributed by atoms with Crippen molar-refractivity contribution in [2.75, 3.05) is 19.7 Å². The van der Waals surface area contributed by atoms with E-state index in [0.717, 1.165) is 11.6 Å². The second-order valence-electron chi connectivity index (χ2n) is 9.63. The summed E-state index contributed by atoms with van der Waals surface area (Å²) in [5.41, 5.74) is 1.19. The van der Waals surface area contributed by atoms with Crippen molar-refractivity contribution in [3.05, 3.63) is 82.4 Å². The average molecular weight is 585 g/mol. The number of esters is 1. The molecule has 1 fully saturated rings. The third-order valence-electron chi connectivity index (χ3n) is 6.56. The Kier molecular flexibility index (Phi) is 10.3. The number of fused-ring (bicyclic) bond motifs is 2. The molecule has 0 aromatic heterocycles. The number of hydrogen-bond donors (Lipinski definition) is 2. The summed E-state index contributed by atoms with van der Waals surface area (Å²) in [4.78, 5) is 32.6. The van der Waals surface area contributed by atoms with Crippen molar-refractivity contribution in [3.8, 4) is 11.5 Å². The van der Waals surface area contributed by atoms with E-state index in [1.807, 2.05) is 49.4 Å². The Balaban J connectivity index is 1.48. The van der Waals surface area contributed by atoms with Crippen LogP contribution in [0.3, 0.4) is 0 Å². The zero-order chi connectivity index (χ0) is 29.4. The van der Waals surface area contributed by atoms with E-state index in [1.165, 1.54) is 4.90 Å². The van der Waals surface area contributed by atoms with E-state index in [4.69, 9.17) is 30.6 Å². The number of cyclic esters (lactones) is 1. The number of rotatable bonds is 7. The van der Waals surface area contributed by atoms with E-state index < -0.39 is 29.7 Å². The predicted octanol–water partition coefficient (Wildman–Crippen LogP) is 5.15. The summed E-state index contributed by atoms with van der Waals surface area (Å²) in [6, 6.07) is 10.4. The highest BCUT2D eigenvalue weighted by Gasteiger charge is 2.38. The first kappa shape index (κ1) is 30.0. The number of carbonyl (C=O) groups excluding carboxylic acids is 2. The van der Waals surface area contributed by atoms with Crippen molar-refractivity contribution < 1.29 is 38.9 Å². The summed E-state index contributed by atoms with van der Waals surface area (Å²) < 4.78 is 16.6. The van der Waals surface area contributed by atoms with E-state index in [9.17, 15) is 19.8 Å². The highest BCUT2D eigenvalue weighted by atomic mass is 35.5. The molecule has 3 atom stereocenters. The molecular formula is C30H33ClN2O8. The number of allylic oxidation sites excluding steroid dienone is 3. The van der Waals surface area contributed by atoms with Gasteiger partial charge in [-0.25, -0.2) is 9.59 Å². The van der Waals surface area contributed by atoms with Gasteiger partial charge in [-0.2, -0.15) is 0 Å². The zero-order valence-electron chi connectivity index (χ0n) is 22.9. The monoisotopic (exact) mass is 584 g/mol. The van der Waals surface area contributed by atoms with Gasteiger partial charge in [-0.15, -0.1) is 0 Å². The van der Waals surface area contributed by atoms with E-state index in [-0.39, 0.29) is 54.5 Å². The Morgan fingerprint density at radius 1 is 1.20 bits per heavy atom. The van der Waals surface area contributed by atoms with Crippen LogP contribution in [0.1, 0.15) is 41.8 Å². The number of carbonyl (C=O) groups is 2. The molecule has 2 N–H and O–H groups in total. The number of halogens is 1. The third-order valence-corrected chi connectivity index (χ3v) is 6.98. The van der Waals surface area contributed by atoms with Crippen LogP contribution < -0.4 is 0 Å². The Labute approximate surface area is 243 Å². The summed E-state index contributed by atoms with van der Waals surface area (Å²) in [6.45, 7) is 4.41. The Bertz CT molecular complexity index is 1330. The highest BCUT2D eigenvalue weighted by Crippen LogP contribution is 2.38. The number of epoxide rings is 1. The number of amides is 1. The molecule has 2 aromatic rings. The smallest absolute Gasteiger partial charge is 0.410 e. The summed E-state index contributed by atoms with van der Waals surface area (Å²) >= 11 is 6.38. The number of aromatic hydroxyl groups is 2. The van der Waals surface area contributed by atoms with Crippen LogP contribution in [0.5, 0.6) is 11.5 Å². The minimum Gasteiger partial charge on any atom is -0.507 e. The zero-order valence-corrected chi connectivity index (χ0v) is 23.6. The van der Waals surface area contributed by atoms with Crippen LogP contribution in [0.4, 0.5) is 4.79 Å². The molecule has 2 aliphatic heterocycles. The summed E-state index contributed by atoms with van der Waals surface area (Å²) in [6.07, 6.45) is 6.38. The maximum Gasteiger partial charge on any atom is 0.410 e. The van der Waals surface area contributed by atoms with Gasteiger partial charge in [-0.3, -0.25) is 0 Å². The van der Waals surface area contributed by atoms with Gasteiger partial charge in [-0.1, -0.05) is 65.3 Å². The lowest BCUT2D eigenvalue weighted by atomic mass is 9.99. The first-order chi connectivity index (χ1) is 19.8. The van der Waals surface area contributed by atoms with E-state index in [0.29, 0.717) is 18.7 Å². The topological polar surface area (TPSA) is 130 Å². The van der Waals surface area contributed by atoms with Gasteiger partial charge in [0.1, 0.15) is 42.5 Å². The van der Waals surface area contributed by atoms with E-state index in [2.05, 4.69) is 5.16 Å². The summed E-state index contributed by atoms with van der Waals surface area (Å²) in [5.74, 6) is -1.65. The molecule has 2 aliphatic rings. The van der Waals surface area contributed by atoms with Crippen LogP contribution >= 0.6 is 11.6 Å². The van der Waals surface area contributed by atoms with Gasteiger partial charge in [0.2, 0.25) is 0 Å². The lowest BCUT2D eigenvalue weighted by Gasteiger charge is -2.20. The fourth-order valence-corrected chi connectivity index (χ4v) is 4.54. The van der Waals surface area contributed by atoms with Gasteiger partial charge in [0.15, 0.2) is 0 Å². The van der Waals surface area contributed by atoms with Crippen LogP contribution in [-0.2, 0) is 32.1 Å². The molecule has 0 saturated carbocycles. The molecule has 0 radical (unpaired) electrons. The van der Waals surface area contributed by atoms with Crippen LogP contribution in [0.15, 0.2) is 65.9 Å². The third kappa shape index (κ3) is 8.25. The SMILES string of the molecule is CCN(CCO\N=C1/C=C/C=C/C2OC2CC(C)OC(=O)c2c(O)cc(O)c(Cl)c2C1)C(=O)OCc1ccccc1. The van der Waals surface area contributed by atoms with E-state index >= 15 is 0 Å². The molecule has 4 rings (SSSR count). The highest BCUT2D eigenvalue weighted by molar-refractivity contribution is 6.33. The second-order valence-corrected chi connectivity index (χ2v) is 10.0. The molecule has 218 valence electrons. The summed E-state index contributed by atoms with van der Waals surface area (Å²) in [7, 11) is 0. The van der Waals surface area contributed by atoms with Crippen molar-refractivity contribution in [1.82, 2.24) is 4.90 Å². The number of phenols is 2. The summed E-state index contributed by atoms with van der Waals surface area (Å²) in [5, 5.41) is 24.9. The van der Waals surface area contributed by atoms with Gasteiger partial charge in [0.25, 0.3) is 0 Å². The van der Waals surface area contributed by atoms with Crippen molar-refractivity contribution in [2.24, 2.45) is 5.16 Å². The van der Waals surface area contributed by atoms with Gasteiger partial charge >= 0.3 is 12.1 Å². The van der Waals surface area contributed by atoms with Crippen LogP contribution in [-0.4, -0.2) is 70.9 Å². The average Bonchev–Trinajstić information content (AvgIpc) is 3.69. The number of likely N-dealkylation sites (N-methyl/N-ethyl adjacent to an activating group) is 1. The maximum absolute atomic E-state index is 13.1. The molecule has 1 saturated heterocycles. The van der Waals surface area contributed by atoms with E-state index in [1.54, 1.807) is 19.1 Å². The number of phenolic OH excluding ortho intramolecular Hbond substituents is 2. The number of ether oxygens (including phenoxy) is 3. The van der Waals surface area contributed by atoms with Gasteiger partial charge < -0.3 is 34.2 Å². The first-order valence-corrected chi connectivity index (χ1v) is 13.7. The number of hydrogen-bond acceptors (Lipinski definition) is 9. The quantitative estimate of drug-likeness (QED) is 0.198. The van der Waals surface area contributed by atoms with Crippen LogP contribution in [0, 0.1) is 0 Å². The number of benzene rings is 2. The largest absolute Gasteiger partial charge is 0.507 e. The molecule has 41 heavy (non-hydrogen) atoms. The normalized spacial score (nSPS) is 22.9. The molecule has 1 amide bonds. The van der Waals surface area contributed by atoms with Crippen LogP contribution in [0.25, 0.3) is 0 Å². The lowest BCUT2D eigenvalue weighted by molar-refractivity contribution is 0.0305. The van der Waals surface area contributed by atoms with Crippen molar-refractivity contribution >= 4 is 29.4 Å². The van der Waals surface area contributed by atoms with Crippen molar-refractivity contribution in [2.45, 2.75) is 51.6 Å². The van der Waals surface area contributed by atoms with Gasteiger partial charge in [-0.05, 0) is 31.1 Å². The Hall–Kier alpha value is -4.02. The van der Waals surface area contributed by atoms with Gasteiger partial charge in [0, 0.05) is 25.5 Å². The second kappa shape index (κ2) is 14.0. The first-order valence-electron chi connectivity index (χ1n) is 13.4. The molecule has 0 bridgehead atoms. The molecule has 0 aliphatic carbocycles. The molecular weight excluding hydrogens is 552 g/mol. The lowest BCUT2D eigenvalue weighted by Crippen LogP contribution is -2.34. The number of nitrogens with zero attached hydrogens (tertiary/aromatic N) is 2. The standard InChI is InChI=1S/C30H33ClN2O8/c1-3-33(30(37)38-18-20-9-5-4-6-10-20)13-14-39-32-21-11-7-8-12-25-26(41-25)15-19(2)40-29(36)27-22(16-21)28(31)24(35)17-23(27)34/h4-12,17,19,25-26,34-35H,3,13-16,18H2,1-2H3/b11-7+,12-8+,32-21+. The molecule has 11 heteroatoms. The molecule has 0 spiro atoms. The molecule has 3 unspecified atom stereocenters. The molecule has 10 nitrogen and oxygen atoms in total. The predicted molar refractivity (Wildman–Crippen MR) is 152 cm³/mol. The van der Waals surface area contributed by atoms with Crippen LogP contribution in [0.2, 0.25) is 5.02 Å². The van der Waals surface area contributed by atoms with Gasteiger partial charge in [0.05, 0.1) is 23.4 Å². The van der Waals surface area contributed by atoms with Crippen molar-refractivity contribution in [3.63, 3.8) is 0 Å². The minimum atomic E-state index is -0.784. The Morgan fingerprint density at radius 3 is 2.73 bits per heavy atom. The Morgan fingerprint density at radius 2 is 1.98 bits per heavy atom. The fraction of sp³-hybridized carbons (Fsp3) is 0.367. The minimum absolute atomic E-state index is 0.0600. The number of oxime groups is 1. The fourth-order valence-electron chi connectivity index (χ4n) is 4.32. The maximum atomic E-state index is 13.1. The molecule has 2 heterocycles. The molecule has 2 aromatic carbocycles. The van der Waals surface area contributed by atoms with Crippen molar-refractivity contribution in [1.29, 1.82) is 0 Å².